The Hall–Kier alpha value is -3.29. The molecule has 8 nitrogen and oxygen atoms in total. The summed E-state index contributed by atoms with van der Waals surface area (Å²) in [5.41, 5.74) is 2.52. The second kappa shape index (κ2) is 6.70. The number of hydrogen-bond donors (Lipinski definition) is 0. The van der Waals surface area contributed by atoms with E-state index in [2.05, 4.69) is 24.8 Å². The minimum atomic E-state index is 0.00502. The van der Waals surface area contributed by atoms with Gasteiger partial charge < -0.3 is 4.90 Å². The lowest BCUT2D eigenvalue weighted by atomic mass is 9.96. The highest BCUT2D eigenvalue weighted by atomic mass is 16.1. The summed E-state index contributed by atoms with van der Waals surface area (Å²) in [5, 5.41) is 1.03. The van der Waals surface area contributed by atoms with Crippen LogP contribution in [-0.4, -0.2) is 42.2 Å². The lowest BCUT2D eigenvalue weighted by Gasteiger charge is -2.33. The zero-order valence-electron chi connectivity index (χ0n) is 15.7. The first-order chi connectivity index (χ1) is 13.7. The van der Waals surface area contributed by atoms with E-state index in [0.29, 0.717) is 12.5 Å². The molecule has 0 unspecified atom stereocenters. The van der Waals surface area contributed by atoms with Crippen molar-refractivity contribution in [2.75, 3.05) is 18.0 Å². The first-order valence-electron chi connectivity index (χ1n) is 9.52. The Labute approximate surface area is 161 Å². The van der Waals surface area contributed by atoms with Gasteiger partial charge in [-0.1, -0.05) is 0 Å². The van der Waals surface area contributed by atoms with Crippen LogP contribution in [0.2, 0.25) is 0 Å². The molecular weight excluding hydrogens is 354 g/mol. The Morgan fingerprint density at radius 1 is 1.11 bits per heavy atom. The molecule has 0 N–H and O–H groups in total. The van der Waals surface area contributed by atoms with Crippen LogP contribution >= 0.6 is 0 Å². The van der Waals surface area contributed by atoms with Crippen molar-refractivity contribution in [3.05, 3.63) is 53.6 Å². The molecule has 1 fully saturated rings. The molecular formula is C20H21N7O. The topological polar surface area (TPSA) is 81.7 Å². The van der Waals surface area contributed by atoms with Crippen molar-refractivity contribution in [2.45, 2.75) is 19.4 Å². The Bertz CT molecular complexity index is 1200. The Kier molecular flexibility index (Phi) is 4.03. The van der Waals surface area contributed by atoms with Crippen LogP contribution < -0.4 is 10.6 Å². The largest absolute Gasteiger partial charge is 0.356 e. The van der Waals surface area contributed by atoms with Gasteiger partial charge in [-0.25, -0.2) is 19.7 Å². The van der Waals surface area contributed by atoms with Crippen LogP contribution in [0.4, 0.5) is 5.82 Å². The van der Waals surface area contributed by atoms with Crippen molar-refractivity contribution in [3.63, 3.8) is 0 Å². The number of imidazole rings is 1. The summed E-state index contributed by atoms with van der Waals surface area (Å²) in [6, 6.07) is 5.78. The predicted octanol–water partition coefficient (Wildman–Crippen LogP) is 1.99. The number of anilines is 1. The number of pyridine rings is 2. The predicted molar refractivity (Wildman–Crippen MR) is 107 cm³/mol. The lowest BCUT2D eigenvalue weighted by molar-refractivity contribution is 0.354. The Morgan fingerprint density at radius 3 is 2.82 bits per heavy atom. The maximum Gasteiger partial charge on any atom is 0.330 e. The number of fused-ring (bicyclic) bond motifs is 2. The zero-order chi connectivity index (χ0) is 19.1. The molecule has 4 aromatic rings. The monoisotopic (exact) mass is 375 g/mol. The van der Waals surface area contributed by atoms with Gasteiger partial charge in [0, 0.05) is 44.5 Å². The van der Waals surface area contributed by atoms with Crippen molar-refractivity contribution >= 4 is 27.9 Å². The van der Waals surface area contributed by atoms with Gasteiger partial charge in [0.15, 0.2) is 5.65 Å². The first-order valence-corrected chi connectivity index (χ1v) is 9.52. The van der Waals surface area contributed by atoms with Crippen LogP contribution in [0.1, 0.15) is 12.8 Å². The minimum Gasteiger partial charge on any atom is -0.356 e. The molecule has 0 spiro atoms. The van der Waals surface area contributed by atoms with Gasteiger partial charge >= 0.3 is 5.69 Å². The van der Waals surface area contributed by atoms with E-state index in [-0.39, 0.29) is 5.69 Å². The van der Waals surface area contributed by atoms with E-state index in [1.54, 1.807) is 36.5 Å². The fourth-order valence-corrected chi connectivity index (χ4v) is 4.13. The number of rotatable bonds is 3. The van der Waals surface area contributed by atoms with Crippen LogP contribution in [0.5, 0.6) is 0 Å². The van der Waals surface area contributed by atoms with Crippen molar-refractivity contribution in [1.29, 1.82) is 0 Å². The number of nitrogens with zero attached hydrogens (tertiary/aromatic N) is 7. The van der Waals surface area contributed by atoms with Crippen molar-refractivity contribution in [2.24, 2.45) is 13.0 Å². The molecule has 8 heteroatoms. The summed E-state index contributed by atoms with van der Waals surface area (Å²) in [7, 11) is 1.81. The van der Waals surface area contributed by atoms with E-state index in [0.717, 1.165) is 53.8 Å². The van der Waals surface area contributed by atoms with E-state index >= 15 is 0 Å². The second-order valence-corrected chi connectivity index (χ2v) is 7.32. The molecule has 0 amide bonds. The highest BCUT2D eigenvalue weighted by Gasteiger charge is 2.24. The van der Waals surface area contributed by atoms with E-state index < -0.39 is 0 Å². The second-order valence-electron chi connectivity index (χ2n) is 7.32. The normalized spacial score (nSPS) is 15.5. The van der Waals surface area contributed by atoms with Crippen LogP contribution in [0, 0.1) is 5.92 Å². The molecule has 0 bridgehead atoms. The fourth-order valence-electron chi connectivity index (χ4n) is 4.13. The molecule has 142 valence electrons. The maximum atomic E-state index is 12.6. The standard InChI is InChI=1S/C20H21N7O/c1-25-17-3-2-7-22-19(17)27(20(25)28)12-14-5-9-26(10-6-14)18-15-4-8-21-11-16(15)23-13-24-18/h2-4,7-8,11,13-14H,5-6,9-10,12H2,1H3. The van der Waals surface area contributed by atoms with Gasteiger partial charge in [0.05, 0.1) is 17.2 Å². The van der Waals surface area contributed by atoms with Crippen molar-refractivity contribution in [3.8, 4) is 0 Å². The summed E-state index contributed by atoms with van der Waals surface area (Å²) in [6.07, 6.45) is 8.91. The van der Waals surface area contributed by atoms with E-state index in [4.69, 9.17) is 0 Å². The van der Waals surface area contributed by atoms with Gasteiger partial charge in [-0.2, -0.15) is 0 Å². The molecule has 0 radical (unpaired) electrons. The zero-order valence-corrected chi connectivity index (χ0v) is 15.7. The Morgan fingerprint density at radius 2 is 1.96 bits per heavy atom. The van der Waals surface area contributed by atoms with Crippen molar-refractivity contribution in [1.82, 2.24) is 29.1 Å². The number of hydrogen-bond acceptors (Lipinski definition) is 6. The van der Waals surface area contributed by atoms with Crippen LogP contribution in [-0.2, 0) is 13.6 Å². The van der Waals surface area contributed by atoms with Crippen LogP contribution in [0.3, 0.4) is 0 Å². The smallest absolute Gasteiger partial charge is 0.330 e. The van der Waals surface area contributed by atoms with Gasteiger partial charge in [-0.3, -0.25) is 14.1 Å². The molecule has 5 rings (SSSR count). The van der Waals surface area contributed by atoms with Crippen molar-refractivity contribution < 1.29 is 0 Å². The third-order valence-corrected chi connectivity index (χ3v) is 5.67. The third kappa shape index (κ3) is 2.72. The summed E-state index contributed by atoms with van der Waals surface area (Å²) < 4.78 is 3.50. The third-order valence-electron chi connectivity index (χ3n) is 5.67. The summed E-state index contributed by atoms with van der Waals surface area (Å²) >= 11 is 0. The highest BCUT2D eigenvalue weighted by molar-refractivity contribution is 5.88. The number of aryl methyl sites for hydroxylation is 1. The summed E-state index contributed by atoms with van der Waals surface area (Å²) in [4.78, 5) is 32.4. The van der Waals surface area contributed by atoms with E-state index in [9.17, 15) is 4.79 Å². The van der Waals surface area contributed by atoms with Crippen LogP contribution in [0.25, 0.3) is 22.1 Å². The molecule has 0 saturated carbocycles. The average molecular weight is 375 g/mol. The van der Waals surface area contributed by atoms with Gasteiger partial charge in [0.1, 0.15) is 12.1 Å². The van der Waals surface area contributed by atoms with Gasteiger partial charge in [0.25, 0.3) is 0 Å². The molecule has 0 aromatic carbocycles. The lowest BCUT2D eigenvalue weighted by Crippen LogP contribution is -2.37. The average Bonchev–Trinajstić information content (AvgIpc) is 2.99. The quantitative estimate of drug-likeness (QED) is 0.545. The molecule has 1 aliphatic heterocycles. The van der Waals surface area contributed by atoms with Gasteiger partial charge in [-0.05, 0) is 37.0 Å². The van der Waals surface area contributed by atoms with Gasteiger partial charge in [-0.15, -0.1) is 0 Å². The number of aromatic nitrogens is 6. The summed E-state index contributed by atoms with van der Waals surface area (Å²) in [6.45, 7) is 2.52. The number of piperidine rings is 1. The molecule has 1 aliphatic rings. The minimum absolute atomic E-state index is 0.00502. The van der Waals surface area contributed by atoms with Crippen LogP contribution in [0.15, 0.2) is 47.9 Å². The Balaban J connectivity index is 1.36. The van der Waals surface area contributed by atoms with E-state index in [1.165, 1.54) is 0 Å². The SMILES string of the molecule is Cn1c(=O)n(CC2CCN(c3ncnc4cnccc34)CC2)c2ncccc21. The molecule has 5 heterocycles. The highest BCUT2D eigenvalue weighted by Crippen LogP contribution is 2.27. The summed E-state index contributed by atoms with van der Waals surface area (Å²) in [5.74, 6) is 1.41. The fraction of sp³-hybridized carbons (Fsp3) is 0.350. The maximum absolute atomic E-state index is 12.6. The molecule has 1 saturated heterocycles. The molecule has 0 atom stereocenters. The van der Waals surface area contributed by atoms with E-state index in [1.807, 2.05) is 22.8 Å². The molecule has 0 aliphatic carbocycles. The first kappa shape index (κ1) is 16.9. The molecule has 28 heavy (non-hydrogen) atoms. The van der Waals surface area contributed by atoms with Gasteiger partial charge in [0.2, 0.25) is 0 Å². The molecule has 4 aromatic heterocycles.